The fourth-order valence-corrected chi connectivity index (χ4v) is 0.719. The van der Waals surface area contributed by atoms with Gasteiger partial charge in [0, 0.05) is 6.54 Å². The van der Waals surface area contributed by atoms with Gasteiger partial charge >= 0.3 is 0 Å². The van der Waals surface area contributed by atoms with E-state index in [-0.39, 0.29) is 0 Å². The third kappa shape index (κ3) is 7.63. The summed E-state index contributed by atoms with van der Waals surface area (Å²) >= 11 is 0. The monoisotopic (exact) mass is 142 g/mol. The lowest BCUT2D eigenvalue weighted by Gasteiger charge is -2.06. The minimum Gasteiger partial charge on any atom is -0.309 e. The molecule has 0 rings (SSSR count). The van der Waals surface area contributed by atoms with E-state index in [1.165, 1.54) is 6.42 Å². The molecule has 0 aliphatic heterocycles. The van der Waals surface area contributed by atoms with Gasteiger partial charge in [0.1, 0.15) is 0 Å². The molecule has 0 saturated carbocycles. The molecule has 2 heteroatoms. The maximum absolute atomic E-state index is 4.13. The van der Waals surface area contributed by atoms with Gasteiger partial charge < -0.3 is 4.90 Å². The highest BCUT2D eigenvalue weighted by atomic mass is 15.0. The molecule has 10 heavy (non-hydrogen) atoms. The Hall–Kier alpha value is -0.370. The topological polar surface area (TPSA) is 15.6 Å². The number of unbranched alkanes of at least 4 members (excludes halogenated alkanes) is 1. The maximum atomic E-state index is 4.13. The summed E-state index contributed by atoms with van der Waals surface area (Å²) in [5, 5.41) is 0. The molecule has 0 aromatic carbocycles. The van der Waals surface area contributed by atoms with Crippen molar-refractivity contribution in [2.24, 2.45) is 4.99 Å². The fraction of sp³-hybridized carbons (Fsp3) is 0.875. The summed E-state index contributed by atoms with van der Waals surface area (Å²) in [6.45, 7) is 4.14. The first-order valence-electron chi connectivity index (χ1n) is 3.90. The Morgan fingerprint density at radius 2 is 2.10 bits per heavy atom. The molecule has 0 spiro atoms. The molecule has 0 radical (unpaired) electrons. The van der Waals surface area contributed by atoms with Crippen LogP contribution in [0.15, 0.2) is 4.99 Å². The number of hydrogen-bond acceptors (Lipinski definition) is 2. The third-order valence-corrected chi connectivity index (χ3v) is 1.25. The average Bonchev–Trinajstić information content (AvgIpc) is 1.87. The summed E-state index contributed by atoms with van der Waals surface area (Å²) in [6.07, 6.45) is 4.35. The maximum Gasteiger partial charge on any atom is 0.0357 e. The van der Waals surface area contributed by atoms with Crippen LogP contribution in [0.4, 0.5) is 0 Å². The van der Waals surface area contributed by atoms with Crippen LogP contribution in [-0.2, 0) is 0 Å². The molecule has 0 bridgehead atoms. The van der Waals surface area contributed by atoms with Crippen molar-refractivity contribution in [3.05, 3.63) is 0 Å². The molecule has 0 aromatic rings. The molecule has 0 aliphatic carbocycles. The number of rotatable bonds is 5. The molecule has 0 N–H and O–H groups in total. The van der Waals surface area contributed by atoms with E-state index in [1.807, 2.05) is 6.21 Å². The number of nitrogens with zero attached hydrogens (tertiary/aromatic N) is 2. The smallest absolute Gasteiger partial charge is 0.0357 e. The lowest BCUT2D eigenvalue weighted by molar-refractivity contribution is 0.404. The predicted octanol–water partition coefficient (Wildman–Crippen LogP) is 1.42. The lowest BCUT2D eigenvalue weighted by Crippen LogP contribution is -2.12. The van der Waals surface area contributed by atoms with E-state index in [4.69, 9.17) is 0 Å². The van der Waals surface area contributed by atoms with Gasteiger partial charge in [-0.2, -0.15) is 0 Å². The van der Waals surface area contributed by atoms with E-state index in [0.717, 1.165) is 19.5 Å². The van der Waals surface area contributed by atoms with Crippen LogP contribution < -0.4 is 0 Å². The van der Waals surface area contributed by atoms with Crippen molar-refractivity contribution in [2.45, 2.75) is 19.8 Å². The summed E-state index contributed by atoms with van der Waals surface area (Å²) in [5.74, 6) is 0. The summed E-state index contributed by atoms with van der Waals surface area (Å²) in [5.41, 5.74) is 0. The van der Waals surface area contributed by atoms with Gasteiger partial charge in [0.2, 0.25) is 0 Å². The molecule has 0 atom stereocenters. The van der Waals surface area contributed by atoms with Gasteiger partial charge in [0.15, 0.2) is 0 Å². The molecule has 0 amide bonds. The van der Waals surface area contributed by atoms with Gasteiger partial charge in [-0.25, -0.2) is 0 Å². The van der Waals surface area contributed by atoms with Crippen molar-refractivity contribution in [3.63, 3.8) is 0 Å². The average molecular weight is 142 g/mol. The second kappa shape index (κ2) is 6.75. The molecule has 0 fully saturated rings. The van der Waals surface area contributed by atoms with Crippen molar-refractivity contribution in [1.29, 1.82) is 0 Å². The van der Waals surface area contributed by atoms with Crippen LogP contribution in [0.2, 0.25) is 0 Å². The first kappa shape index (κ1) is 9.63. The Kier molecular flexibility index (Phi) is 6.50. The molecular weight excluding hydrogens is 124 g/mol. The predicted molar refractivity (Wildman–Crippen MR) is 46.8 cm³/mol. The van der Waals surface area contributed by atoms with Crippen molar-refractivity contribution < 1.29 is 0 Å². The molecule has 60 valence electrons. The van der Waals surface area contributed by atoms with Gasteiger partial charge in [0.05, 0.1) is 0 Å². The van der Waals surface area contributed by atoms with E-state index in [9.17, 15) is 0 Å². The minimum atomic E-state index is 0.919. The first-order chi connectivity index (χ1) is 4.77. The van der Waals surface area contributed by atoms with Crippen molar-refractivity contribution >= 4 is 6.21 Å². The van der Waals surface area contributed by atoms with Crippen molar-refractivity contribution in [3.8, 4) is 0 Å². The molecule has 0 heterocycles. The van der Waals surface area contributed by atoms with Gasteiger partial charge in [-0.05, 0) is 46.6 Å². The SMILES string of the molecule is CCN=CCCCN(C)C. The highest BCUT2D eigenvalue weighted by Crippen LogP contribution is 1.86. The van der Waals surface area contributed by atoms with E-state index in [2.05, 4.69) is 30.9 Å². The minimum absolute atomic E-state index is 0.919. The Morgan fingerprint density at radius 3 is 2.60 bits per heavy atom. The molecule has 0 saturated heterocycles. The standard InChI is InChI=1S/C8H18N2/c1-4-9-7-5-6-8-10(2)3/h7H,4-6,8H2,1-3H3. The summed E-state index contributed by atoms with van der Waals surface area (Å²) in [7, 11) is 4.19. The van der Waals surface area contributed by atoms with Crippen LogP contribution in [-0.4, -0.2) is 38.3 Å². The Labute approximate surface area is 63.9 Å². The second-order valence-electron chi connectivity index (χ2n) is 2.63. The molecule has 0 unspecified atom stereocenters. The van der Waals surface area contributed by atoms with E-state index in [0.29, 0.717) is 0 Å². The third-order valence-electron chi connectivity index (χ3n) is 1.25. The van der Waals surface area contributed by atoms with Crippen LogP contribution in [0, 0.1) is 0 Å². The fourth-order valence-electron chi connectivity index (χ4n) is 0.719. The Morgan fingerprint density at radius 1 is 1.40 bits per heavy atom. The Bertz CT molecular complexity index is 87.3. The highest BCUT2D eigenvalue weighted by Gasteiger charge is 1.86. The quantitative estimate of drug-likeness (QED) is 0.418. The largest absolute Gasteiger partial charge is 0.309 e. The lowest BCUT2D eigenvalue weighted by atomic mass is 10.3. The van der Waals surface area contributed by atoms with Gasteiger partial charge in [-0.15, -0.1) is 0 Å². The van der Waals surface area contributed by atoms with Crippen molar-refractivity contribution in [1.82, 2.24) is 4.90 Å². The van der Waals surface area contributed by atoms with Gasteiger partial charge in [-0.3, -0.25) is 4.99 Å². The van der Waals surface area contributed by atoms with E-state index < -0.39 is 0 Å². The molecular formula is C8H18N2. The van der Waals surface area contributed by atoms with Crippen LogP contribution >= 0.6 is 0 Å². The normalized spacial score (nSPS) is 11.6. The zero-order chi connectivity index (χ0) is 7.82. The number of hydrogen-bond donors (Lipinski definition) is 0. The zero-order valence-corrected chi connectivity index (χ0v) is 7.30. The van der Waals surface area contributed by atoms with Gasteiger partial charge in [0.25, 0.3) is 0 Å². The number of aliphatic imine (C=N–C) groups is 1. The second-order valence-corrected chi connectivity index (χ2v) is 2.63. The molecule has 2 nitrogen and oxygen atoms in total. The van der Waals surface area contributed by atoms with Crippen molar-refractivity contribution in [2.75, 3.05) is 27.2 Å². The zero-order valence-electron chi connectivity index (χ0n) is 7.30. The van der Waals surface area contributed by atoms with Crippen LogP contribution in [0.5, 0.6) is 0 Å². The van der Waals surface area contributed by atoms with Crippen LogP contribution in [0.25, 0.3) is 0 Å². The summed E-state index contributed by atoms with van der Waals surface area (Å²) < 4.78 is 0. The molecule has 0 aliphatic rings. The highest BCUT2D eigenvalue weighted by molar-refractivity contribution is 5.56. The summed E-state index contributed by atoms with van der Waals surface area (Å²) in [4.78, 5) is 6.32. The van der Waals surface area contributed by atoms with Gasteiger partial charge in [-0.1, -0.05) is 0 Å². The van der Waals surface area contributed by atoms with E-state index >= 15 is 0 Å². The van der Waals surface area contributed by atoms with Crippen LogP contribution in [0.3, 0.4) is 0 Å². The Balaban J connectivity index is 2.97. The van der Waals surface area contributed by atoms with Crippen LogP contribution in [0.1, 0.15) is 19.8 Å². The summed E-state index contributed by atoms with van der Waals surface area (Å²) in [6, 6.07) is 0. The van der Waals surface area contributed by atoms with E-state index in [1.54, 1.807) is 0 Å². The first-order valence-corrected chi connectivity index (χ1v) is 3.90. The molecule has 0 aromatic heterocycles.